The molecule has 636 valence electrons. The fraction of sp³-hybridized carbons (Fsp3) is 0.0732. The van der Waals surface area contributed by atoms with Crippen LogP contribution in [0.2, 0.25) is 0 Å². The van der Waals surface area contributed by atoms with Crippen LogP contribution in [0, 0.1) is 0 Å². The zero-order valence-corrected chi connectivity index (χ0v) is 74.6. The normalized spacial score (nSPS) is 14.1. The average molecular weight is 1730 g/mol. The first-order chi connectivity index (χ1) is 66.2. The van der Waals surface area contributed by atoms with Crippen molar-refractivity contribution in [3.05, 3.63) is 416 Å². The lowest BCUT2D eigenvalue weighted by atomic mass is 9.82. The Morgan fingerprint density at radius 2 is 0.689 bits per heavy atom. The SMILES string of the molecule is CC1(C)c2ccc(N3c4ccccc4-c4cc(-c5ccccc5)cc5ncnc3c45)cc2-c2c1ccc1c2oc2ccccc21.CC1(C)c2ccc(N3c4ccccc4-c4nc(-c5ccccc5)nc5cccc3c45)cc2-c2c1ccc1c2oc2ccccc21.CC1(C)c2ccc(N3c4cncnc4-c4cc(-c5ccccc5)cc5cccc3c45)cc2-c2c1ccc1c2oc2ccccc21. The van der Waals surface area contributed by atoms with Crippen LogP contribution in [0.4, 0.5) is 51.3 Å². The van der Waals surface area contributed by atoms with Crippen LogP contribution in [0.15, 0.2) is 396 Å². The summed E-state index contributed by atoms with van der Waals surface area (Å²) in [5.74, 6) is 1.64. The number of nitrogens with zero attached hydrogens (tertiary/aromatic N) is 9. The second-order valence-corrected chi connectivity index (χ2v) is 37.9. The molecule has 30 rings (SSSR count). The quantitative estimate of drug-likeness (QED) is 0.157. The number of hydrogen-bond donors (Lipinski definition) is 0. The van der Waals surface area contributed by atoms with Gasteiger partial charge in [-0.1, -0.05) is 296 Å². The highest BCUT2D eigenvalue weighted by Crippen LogP contribution is 2.62. The lowest BCUT2D eigenvalue weighted by Crippen LogP contribution is -2.18. The van der Waals surface area contributed by atoms with Crippen LogP contribution in [0.25, 0.3) is 199 Å². The molecule has 24 aromatic rings. The Hall–Kier alpha value is -17.2. The van der Waals surface area contributed by atoms with Crippen molar-refractivity contribution in [1.29, 1.82) is 0 Å². The minimum atomic E-state index is -0.154. The number of fused-ring (bicyclic) bond motifs is 27. The number of para-hydroxylation sites is 5. The number of furan rings is 3. The van der Waals surface area contributed by atoms with Crippen molar-refractivity contribution in [2.24, 2.45) is 0 Å². The lowest BCUT2D eigenvalue weighted by Gasteiger charge is -2.33. The summed E-state index contributed by atoms with van der Waals surface area (Å²) in [5.41, 5.74) is 42.9. The second kappa shape index (κ2) is 28.4. The van der Waals surface area contributed by atoms with E-state index in [1.807, 2.05) is 42.6 Å². The van der Waals surface area contributed by atoms with E-state index in [1.165, 1.54) is 99.8 Å². The molecule has 3 aliphatic carbocycles. The van der Waals surface area contributed by atoms with Gasteiger partial charge in [-0.25, -0.2) is 29.9 Å². The maximum absolute atomic E-state index is 6.60. The Balaban J connectivity index is 0.000000101. The standard InChI is InChI=1S/3C41H27N3O/c1-41(2)30-21-19-25(23-29(30)36-31(41)22-20-27-26-13-7-9-18-35(26)45-39(27)36)44-33-16-8-6-14-28(33)38-37-32(15-10-17-34(37)44)42-40(43-38)24-11-4-3-5-12-24;1-41(2)32-18-16-26(22-31(32)37-33(41)19-17-29-28-13-7-9-15-36(28)45-39(29)37)44-35-14-8-6-12-27(35)30-20-25(24-10-4-3-5-11-24)21-34-38(30)40(44)43-23-42-34;1-41(2)32-17-15-27(21-30(32)38-33(41)18-16-29-28-12-6-7-14-36(28)45-40(29)38)44-34-13-8-11-25-19-26(24-9-4-3-5-10-24)20-31(37(25)34)39-35(44)22-42-23-43-39/h3*3-23H,1-2H3. The zero-order chi connectivity index (χ0) is 89.6. The molecule has 0 amide bonds. The molecule has 0 spiro atoms. The Labute approximate surface area is 777 Å². The van der Waals surface area contributed by atoms with Crippen molar-refractivity contribution in [2.45, 2.75) is 57.8 Å². The van der Waals surface area contributed by atoms with Gasteiger partial charge < -0.3 is 23.1 Å². The molecule has 6 aromatic heterocycles. The number of anilines is 9. The van der Waals surface area contributed by atoms with Gasteiger partial charge in [0.1, 0.15) is 52.0 Å². The molecule has 12 nitrogen and oxygen atoms in total. The Bertz CT molecular complexity index is 8420. The molecule has 0 fully saturated rings. The molecule has 135 heavy (non-hydrogen) atoms. The molecular formula is C123H81N9O3. The first-order valence-electron chi connectivity index (χ1n) is 46.2. The van der Waals surface area contributed by atoms with Crippen LogP contribution in [-0.4, -0.2) is 29.9 Å². The topological polar surface area (TPSA) is 126 Å². The maximum Gasteiger partial charge on any atom is 0.160 e. The molecule has 6 aliphatic rings. The van der Waals surface area contributed by atoms with Crippen molar-refractivity contribution in [1.82, 2.24) is 29.9 Å². The summed E-state index contributed by atoms with van der Waals surface area (Å²) < 4.78 is 19.8. The van der Waals surface area contributed by atoms with E-state index in [9.17, 15) is 0 Å². The minimum Gasteiger partial charge on any atom is -0.455 e. The van der Waals surface area contributed by atoms with Crippen molar-refractivity contribution in [3.63, 3.8) is 0 Å². The van der Waals surface area contributed by atoms with Crippen LogP contribution in [0.3, 0.4) is 0 Å². The van der Waals surface area contributed by atoms with E-state index < -0.39 is 0 Å². The third kappa shape index (κ3) is 11.1. The molecular weight excluding hydrogens is 1650 g/mol. The summed E-state index contributed by atoms with van der Waals surface area (Å²) in [5, 5.41) is 11.4. The van der Waals surface area contributed by atoms with E-state index in [4.69, 9.17) is 38.2 Å². The van der Waals surface area contributed by atoms with Gasteiger partial charge in [0.2, 0.25) is 0 Å². The van der Waals surface area contributed by atoms with Gasteiger partial charge in [-0.2, -0.15) is 0 Å². The Kier molecular flexibility index (Phi) is 16.1. The first kappa shape index (κ1) is 76.6. The monoisotopic (exact) mass is 1730 g/mol. The molecule has 0 radical (unpaired) electrons. The number of benzene rings is 18. The highest BCUT2D eigenvalue weighted by Gasteiger charge is 2.44. The van der Waals surface area contributed by atoms with Crippen LogP contribution in [-0.2, 0) is 16.2 Å². The number of rotatable bonds is 6. The lowest BCUT2D eigenvalue weighted by molar-refractivity contribution is 0.653. The van der Waals surface area contributed by atoms with Crippen molar-refractivity contribution >= 4 is 150 Å². The second-order valence-electron chi connectivity index (χ2n) is 37.9. The van der Waals surface area contributed by atoms with Crippen molar-refractivity contribution < 1.29 is 13.3 Å². The summed E-state index contributed by atoms with van der Waals surface area (Å²) in [6, 6.07) is 130. The largest absolute Gasteiger partial charge is 0.455 e. The summed E-state index contributed by atoms with van der Waals surface area (Å²) in [4.78, 5) is 36.4. The van der Waals surface area contributed by atoms with Gasteiger partial charge in [0.15, 0.2) is 5.82 Å². The van der Waals surface area contributed by atoms with Gasteiger partial charge in [-0.3, -0.25) is 4.90 Å². The molecule has 3 aliphatic heterocycles. The maximum atomic E-state index is 6.60. The molecule has 0 saturated carbocycles. The summed E-state index contributed by atoms with van der Waals surface area (Å²) >= 11 is 0. The molecule has 0 atom stereocenters. The van der Waals surface area contributed by atoms with Crippen LogP contribution in [0.5, 0.6) is 0 Å². The third-order valence-corrected chi connectivity index (χ3v) is 29.6. The van der Waals surface area contributed by atoms with Gasteiger partial charge in [-0.05, 0) is 192 Å². The highest BCUT2D eigenvalue weighted by atomic mass is 16.3. The molecule has 12 heteroatoms. The van der Waals surface area contributed by atoms with Gasteiger partial charge in [0.25, 0.3) is 0 Å². The van der Waals surface area contributed by atoms with E-state index in [2.05, 4.69) is 389 Å². The van der Waals surface area contributed by atoms with E-state index in [0.29, 0.717) is 0 Å². The fourth-order valence-corrected chi connectivity index (χ4v) is 23.3. The minimum absolute atomic E-state index is 0.148. The van der Waals surface area contributed by atoms with Gasteiger partial charge in [0, 0.05) is 110 Å². The Morgan fingerprint density at radius 1 is 0.252 bits per heavy atom. The van der Waals surface area contributed by atoms with Gasteiger partial charge >= 0.3 is 0 Å². The Morgan fingerprint density at radius 3 is 1.24 bits per heavy atom. The van der Waals surface area contributed by atoms with Gasteiger partial charge in [-0.15, -0.1) is 0 Å². The number of aromatic nitrogens is 6. The predicted molar refractivity (Wildman–Crippen MR) is 550 cm³/mol. The van der Waals surface area contributed by atoms with Crippen LogP contribution < -0.4 is 14.7 Å². The van der Waals surface area contributed by atoms with Gasteiger partial charge in [0.05, 0.1) is 67.8 Å². The summed E-state index contributed by atoms with van der Waals surface area (Å²) in [6.07, 6.45) is 5.30. The summed E-state index contributed by atoms with van der Waals surface area (Å²) in [6.45, 7) is 13.9. The smallest absolute Gasteiger partial charge is 0.160 e. The molecule has 0 saturated heterocycles. The number of hydrogen-bond acceptors (Lipinski definition) is 12. The van der Waals surface area contributed by atoms with Crippen molar-refractivity contribution in [2.75, 3.05) is 14.7 Å². The molecule has 0 unspecified atom stereocenters. The van der Waals surface area contributed by atoms with Crippen molar-refractivity contribution in [3.8, 4) is 101 Å². The molecule has 0 N–H and O–H groups in total. The van der Waals surface area contributed by atoms with E-state index in [0.717, 1.165) is 184 Å². The van der Waals surface area contributed by atoms with Crippen LogP contribution >= 0.6 is 0 Å². The summed E-state index contributed by atoms with van der Waals surface area (Å²) in [7, 11) is 0. The third-order valence-electron chi connectivity index (χ3n) is 29.6. The molecule has 0 bridgehead atoms. The van der Waals surface area contributed by atoms with E-state index in [1.54, 1.807) is 12.7 Å². The predicted octanol–water partition coefficient (Wildman–Crippen LogP) is 32.9. The first-order valence-corrected chi connectivity index (χ1v) is 46.2. The highest BCUT2D eigenvalue weighted by molar-refractivity contribution is 6.20. The molecule has 18 aromatic carbocycles. The zero-order valence-electron chi connectivity index (χ0n) is 74.6. The van der Waals surface area contributed by atoms with Crippen LogP contribution in [0.1, 0.15) is 74.9 Å². The molecule has 9 heterocycles. The van der Waals surface area contributed by atoms with E-state index >= 15 is 0 Å². The fourth-order valence-electron chi connectivity index (χ4n) is 23.3. The average Bonchev–Trinajstić information content (AvgIpc) is 1.68. The van der Waals surface area contributed by atoms with E-state index in [-0.39, 0.29) is 16.2 Å².